The lowest BCUT2D eigenvalue weighted by Crippen LogP contribution is -1.82. The molecule has 0 spiro atoms. The summed E-state index contributed by atoms with van der Waals surface area (Å²) >= 11 is 6.52. The molecule has 0 saturated carbocycles. The normalized spacial score (nSPS) is 11.7. The summed E-state index contributed by atoms with van der Waals surface area (Å²) in [6.45, 7) is 2.13. The maximum atomic E-state index is 6.52. The first-order valence-corrected chi connectivity index (χ1v) is 6.63. The Morgan fingerprint density at radius 2 is 1.47 bits per heavy atom. The van der Waals surface area contributed by atoms with E-state index in [2.05, 4.69) is 19.1 Å². The zero-order valence-electron chi connectivity index (χ0n) is 10.4. The van der Waals surface area contributed by atoms with Crippen LogP contribution >= 0.6 is 11.6 Å². The van der Waals surface area contributed by atoms with Crippen LogP contribution in [0.1, 0.15) is 5.56 Å². The van der Waals surface area contributed by atoms with Crippen molar-refractivity contribution >= 4 is 44.3 Å². The van der Waals surface area contributed by atoms with E-state index in [1.807, 2.05) is 36.4 Å². The third kappa shape index (κ3) is 1.36. The van der Waals surface area contributed by atoms with E-state index in [1.54, 1.807) is 0 Å². The lowest BCUT2D eigenvalue weighted by molar-refractivity contribution is 0.669. The van der Waals surface area contributed by atoms with Gasteiger partial charge in [-0.15, -0.1) is 0 Å². The Bertz CT molecular complexity index is 934. The number of furan rings is 1. The molecule has 19 heavy (non-hydrogen) atoms. The largest absolute Gasteiger partial charge is 0.454 e. The van der Waals surface area contributed by atoms with Gasteiger partial charge in [-0.25, -0.2) is 0 Å². The summed E-state index contributed by atoms with van der Waals surface area (Å²) in [6, 6.07) is 16.3. The fraction of sp³-hybridized carbons (Fsp3) is 0.0588. The second-order valence-electron chi connectivity index (χ2n) is 4.79. The molecule has 0 atom stereocenters. The fourth-order valence-electron chi connectivity index (χ4n) is 2.83. The molecule has 0 radical (unpaired) electrons. The molecule has 0 aliphatic rings. The number of para-hydroxylation sites is 1. The molecule has 1 nitrogen and oxygen atoms in total. The van der Waals surface area contributed by atoms with Crippen molar-refractivity contribution in [3.05, 3.63) is 59.1 Å². The van der Waals surface area contributed by atoms with Crippen LogP contribution in [-0.2, 0) is 0 Å². The highest BCUT2D eigenvalue weighted by molar-refractivity contribution is 6.41. The summed E-state index contributed by atoms with van der Waals surface area (Å²) in [5.41, 5.74) is 2.90. The minimum Gasteiger partial charge on any atom is -0.454 e. The Morgan fingerprint density at radius 1 is 0.842 bits per heavy atom. The number of rotatable bonds is 0. The van der Waals surface area contributed by atoms with E-state index in [-0.39, 0.29) is 0 Å². The lowest BCUT2D eigenvalue weighted by atomic mass is 10.00. The van der Waals surface area contributed by atoms with E-state index >= 15 is 0 Å². The zero-order valence-corrected chi connectivity index (χ0v) is 11.2. The van der Waals surface area contributed by atoms with E-state index < -0.39 is 0 Å². The molecule has 4 aromatic rings. The molecule has 3 aromatic carbocycles. The van der Waals surface area contributed by atoms with E-state index in [1.165, 1.54) is 10.9 Å². The minimum absolute atomic E-state index is 0.701. The molecule has 1 aromatic heterocycles. The highest BCUT2D eigenvalue weighted by Gasteiger charge is 2.16. The predicted octanol–water partition coefficient (Wildman–Crippen LogP) is 5.70. The number of fused-ring (bicyclic) bond motifs is 4. The molecular weight excluding hydrogens is 256 g/mol. The van der Waals surface area contributed by atoms with E-state index in [0.29, 0.717) is 5.02 Å². The van der Waals surface area contributed by atoms with Crippen LogP contribution in [-0.4, -0.2) is 0 Å². The van der Waals surface area contributed by atoms with Gasteiger partial charge in [-0.1, -0.05) is 54.1 Å². The van der Waals surface area contributed by atoms with Crippen molar-refractivity contribution in [2.75, 3.05) is 0 Å². The van der Waals surface area contributed by atoms with Crippen LogP contribution in [0.5, 0.6) is 0 Å². The van der Waals surface area contributed by atoms with Crippen LogP contribution in [0.4, 0.5) is 0 Å². The summed E-state index contributed by atoms with van der Waals surface area (Å²) in [7, 11) is 0. The lowest BCUT2D eigenvalue weighted by Gasteiger charge is -2.06. The van der Waals surface area contributed by atoms with E-state index in [0.717, 1.165) is 27.3 Å². The van der Waals surface area contributed by atoms with Crippen molar-refractivity contribution in [1.29, 1.82) is 0 Å². The molecule has 92 valence electrons. The SMILES string of the molecule is Cc1c2ccccc2c(Cl)c2oc3ccccc3c12. The van der Waals surface area contributed by atoms with Crippen molar-refractivity contribution in [2.24, 2.45) is 0 Å². The second kappa shape index (κ2) is 3.75. The number of aryl methyl sites for hydroxylation is 1. The maximum absolute atomic E-state index is 6.52. The summed E-state index contributed by atoms with van der Waals surface area (Å²) in [4.78, 5) is 0. The van der Waals surface area contributed by atoms with Crippen molar-refractivity contribution < 1.29 is 4.42 Å². The summed E-state index contributed by atoms with van der Waals surface area (Å²) in [5, 5.41) is 5.19. The fourth-order valence-corrected chi connectivity index (χ4v) is 3.13. The smallest absolute Gasteiger partial charge is 0.154 e. The first-order valence-electron chi connectivity index (χ1n) is 6.25. The van der Waals surface area contributed by atoms with Crippen LogP contribution in [0.15, 0.2) is 52.9 Å². The maximum Gasteiger partial charge on any atom is 0.154 e. The van der Waals surface area contributed by atoms with Crippen molar-refractivity contribution in [3.8, 4) is 0 Å². The standard InChI is InChI=1S/C17H11ClO/c1-10-11-6-2-3-7-12(11)16(18)17-15(10)13-8-4-5-9-14(13)19-17/h2-9H,1H3. The third-order valence-electron chi connectivity index (χ3n) is 3.74. The molecule has 2 heteroatoms. The monoisotopic (exact) mass is 266 g/mol. The van der Waals surface area contributed by atoms with Crippen LogP contribution in [0.3, 0.4) is 0 Å². The first kappa shape index (κ1) is 10.9. The van der Waals surface area contributed by atoms with E-state index in [9.17, 15) is 0 Å². The van der Waals surface area contributed by atoms with Gasteiger partial charge in [0, 0.05) is 16.2 Å². The average Bonchev–Trinajstić information content (AvgIpc) is 2.84. The molecule has 0 amide bonds. The van der Waals surface area contributed by atoms with Crippen LogP contribution in [0, 0.1) is 6.92 Å². The first-order chi connectivity index (χ1) is 9.27. The Labute approximate surface area is 115 Å². The van der Waals surface area contributed by atoms with Gasteiger partial charge in [0.2, 0.25) is 0 Å². The third-order valence-corrected chi connectivity index (χ3v) is 4.11. The van der Waals surface area contributed by atoms with Crippen LogP contribution in [0.25, 0.3) is 32.7 Å². The topological polar surface area (TPSA) is 13.1 Å². The van der Waals surface area contributed by atoms with Crippen molar-refractivity contribution in [2.45, 2.75) is 6.92 Å². The van der Waals surface area contributed by atoms with Crippen LogP contribution in [0.2, 0.25) is 5.02 Å². The van der Waals surface area contributed by atoms with Gasteiger partial charge in [0.25, 0.3) is 0 Å². The average molecular weight is 267 g/mol. The van der Waals surface area contributed by atoms with Gasteiger partial charge in [0.15, 0.2) is 5.58 Å². The Morgan fingerprint density at radius 3 is 2.26 bits per heavy atom. The Hall–Kier alpha value is -1.99. The molecule has 4 rings (SSSR count). The van der Waals surface area contributed by atoms with Crippen molar-refractivity contribution in [1.82, 2.24) is 0 Å². The number of benzene rings is 3. The van der Waals surface area contributed by atoms with Gasteiger partial charge in [-0.05, 0) is 23.9 Å². The molecule has 0 aliphatic heterocycles. The zero-order chi connectivity index (χ0) is 13.0. The number of hydrogen-bond donors (Lipinski definition) is 0. The highest BCUT2D eigenvalue weighted by Crippen LogP contribution is 2.40. The van der Waals surface area contributed by atoms with Gasteiger partial charge in [-0.2, -0.15) is 0 Å². The number of hydrogen-bond acceptors (Lipinski definition) is 1. The molecular formula is C17H11ClO. The van der Waals surface area contributed by atoms with Gasteiger partial charge in [-0.3, -0.25) is 0 Å². The number of halogens is 1. The van der Waals surface area contributed by atoms with Gasteiger partial charge in [0.1, 0.15) is 5.58 Å². The Balaban J connectivity index is 2.39. The summed E-state index contributed by atoms with van der Waals surface area (Å²) in [6.07, 6.45) is 0. The minimum atomic E-state index is 0.701. The van der Waals surface area contributed by atoms with Gasteiger partial charge >= 0.3 is 0 Å². The highest BCUT2D eigenvalue weighted by atomic mass is 35.5. The van der Waals surface area contributed by atoms with Gasteiger partial charge < -0.3 is 4.42 Å². The quantitative estimate of drug-likeness (QED) is 0.398. The van der Waals surface area contributed by atoms with Gasteiger partial charge in [0.05, 0.1) is 5.02 Å². The van der Waals surface area contributed by atoms with Crippen molar-refractivity contribution in [3.63, 3.8) is 0 Å². The molecule has 0 bridgehead atoms. The molecule has 0 aliphatic carbocycles. The molecule has 1 heterocycles. The molecule has 0 saturated heterocycles. The molecule has 0 unspecified atom stereocenters. The summed E-state index contributed by atoms with van der Waals surface area (Å²) < 4.78 is 5.94. The Kier molecular flexibility index (Phi) is 2.15. The predicted molar refractivity (Wildman–Crippen MR) is 81.0 cm³/mol. The summed E-state index contributed by atoms with van der Waals surface area (Å²) in [5.74, 6) is 0. The second-order valence-corrected chi connectivity index (χ2v) is 5.16. The molecule has 0 fully saturated rings. The molecule has 0 N–H and O–H groups in total. The van der Waals surface area contributed by atoms with Crippen LogP contribution < -0.4 is 0 Å². The van der Waals surface area contributed by atoms with E-state index in [4.69, 9.17) is 16.0 Å².